The van der Waals surface area contributed by atoms with Gasteiger partial charge in [-0.25, -0.2) is 0 Å². The molecule has 1 saturated heterocycles. The quantitative estimate of drug-likeness (QED) is 0.885. The van der Waals surface area contributed by atoms with E-state index in [1.165, 1.54) is 5.56 Å². The average Bonchev–Trinajstić information content (AvgIpc) is 2.88. The first-order valence-electron chi connectivity index (χ1n) is 7.29. The van der Waals surface area contributed by atoms with Crippen molar-refractivity contribution in [2.75, 3.05) is 39.5 Å². The van der Waals surface area contributed by atoms with E-state index in [2.05, 4.69) is 28.9 Å². The van der Waals surface area contributed by atoms with Gasteiger partial charge in [0.25, 0.3) is 0 Å². The Kier molecular flexibility index (Phi) is 4.10. The second-order valence-electron chi connectivity index (χ2n) is 5.74. The zero-order valence-electron chi connectivity index (χ0n) is 12.0. The monoisotopic (exact) mass is 277 g/mol. The van der Waals surface area contributed by atoms with Crippen molar-refractivity contribution >= 4 is 0 Å². The number of piperazine rings is 1. The number of benzene rings is 1. The minimum absolute atomic E-state index is 0.260. The molecule has 0 amide bonds. The Morgan fingerprint density at radius 3 is 2.55 bits per heavy atom. The summed E-state index contributed by atoms with van der Waals surface area (Å²) in [7, 11) is 0. The molecule has 2 aliphatic heterocycles. The first-order chi connectivity index (χ1) is 9.70. The van der Waals surface area contributed by atoms with E-state index in [4.69, 9.17) is 15.2 Å². The summed E-state index contributed by atoms with van der Waals surface area (Å²) < 4.78 is 10.8. The molecule has 1 atom stereocenters. The number of hydrogen-bond donors (Lipinski definition) is 1. The summed E-state index contributed by atoms with van der Waals surface area (Å²) in [6, 6.07) is 6.48. The normalized spacial score (nSPS) is 21.1. The van der Waals surface area contributed by atoms with Gasteiger partial charge in [-0.1, -0.05) is 6.07 Å². The predicted molar refractivity (Wildman–Crippen MR) is 77.9 cm³/mol. The number of nitrogens with two attached hydrogens (primary N) is 1. The molecular weight excluding hydrogens is 254 g/mol. The molecule has 5 nitrogen and oxygen atoms in total. The number of fused-ring (bicyclic) bond motifs is 1. The Balaban J connectivity index is 1.52. The molecule has 0 radical (unpaired) electrons. The van der Waals surface area contributed by atoms with Crippen molar-refractivity contribution in [3.05, 3.63) is 23.8 Å². The lowest BCUT2D eigenvalue weighted by Gasteiger charge is -2.35. The van der Waals surface area contributed by atoms with Gasteiger partial charge in [-0.2, -0.15) is 0 Å². The summed E-state index contributed by atoms with van der Waals surface area (Å²) in [5.74, 6) is 1.73. The van der Waals surface area contributed by atoms with E-state index >= 15 is 0 Å². The van der Waals surface area contributed by atoms with Crippen LogP contribution >= 0.6 is 0 Å². The molecule has 0 aliphatic carbocycles. The maximum absolute atomic E-state index is 5.85. The average molecular weight is 277 g/mol. The lowest BCUT2D eigenvalue weighted by Crippen LogP contribution is -2.48. The van der Waals surface area contributed by atoms with Crippen LogP contribution in [0.25, 0.3) is 0 Å². The van der Waals surface area contributed by atoms with Gasteiger partial charge in [-0.05, 0) is 24.6 Å². The highest BCUT2D eigenvalue weighted by atomic mass is 16.7. The highest BCUT2D eigenvalue weighted by molar-refractivity contribution is 5.44. The fourth-order valence-corrected chi connectivity index (χ4v) is 2.83. The van der Waals surface area contributed by atoms with Crippen molar-refractivity contribution in [1.29, 1.82) is 0 Å². The molecule has 0 bridgehead atoms. The van der Waals surface area contributed by atoms with Gasteiger partial charge >= 0.3 is 0 Å². The minimum atomic E-state index is 0.260. The van der Waals surface area contributed by atoms with Crippen LogP contribution in [0.1, 0.15) is 12.5 Å². The third-order valence-corrected chi connectivity index (χ3v) is 3.85. The van der Waals surface area contributed by atoms with Crippen LogP contribution in [0.15, 0.2) is 18.2 Å². The summed E-state index contributed by atoms with van der Waals surface area (Å²) in [4.78, 5) is 4.93. The van der Waals surface area contributed by atoms with E-state index < -0.39 is 0 Å². The molecule has 0 aromatic heterocycles. The Morgan fingerprint density at radius 1 is 1.10 bits per heavy atom. The van der Waals surface area contributed by atoms with Gasteiger partial charge in [0, 0.05) is 45.3 Å². The Hall–Kier alpha value is -1.30. The largest absolute Gasteiger partial charge is 0.454 e. The Labute approximate surface area is 120 Å². The molecule has 1 aromatic carbocycles. The van der Waals surface area contributed by atoms with Crippen LogP contribution in [0.5, 0.6) is 11.5 Å². The van der Waals surface area contributed by atoms with Crippen molar-refractivity contribution in [2.24, 2.45) is 5.73 Å². The van der Waals surface area contributed by atoms with Gasteiger partial charge in [0.1, 0.15) is 0 Å². The number of rotatable bonds is 4. The minimum Gasteiger partial charge on any atom is -0.454 e. The number of hydrogen-bond acceptors (Lipinski definition) is 5. The fourth-order valence-electron chi connectivity index (χ4n) is 2.83. The van der Waals surface area contributed by atoms with Crippen molar-refractivity contribution in [3.8, 4) is 11.5 Å². The summed E-state index contributed by atoms with van der Waals surface area (Å²) in [6.07, 6.45) is 0. The summed E-state index contributed by atoms with van der Waals surface area (Å²) in [6.45, 7) is 8.79. The summed E-state index contributed by atoms with van der Waals surface area (Å²) >= 11 is 0. The van der Waals surface area contributed by atoms with E-state index in [1.54, 1.807) is 0 Å². The molecule has 20 heavy (non-hydrogen) atoms. The molecule has 2 heterocycles. The third-order valence-electron chi connectivity index (χ3n) is 3.85. The molecule has 2 N–H and O–H groups in total. The van der Waals surface area contributed by atoms with Crippen LogP contribution in [0.4, 0.5) is 0 Å². The van der Waals surface area contributed by atoms with Crippen LogP contribution in [-0.4, -0.2) is 55.4 Å². The van der Waals surface area contributed by atoms with Crippen LogP contribution in [0.3, 0.4) is 0 Å². The molecule has 5 heteroatoms. The molecular formula is C15H23N3O2. The molecule has 1 aromatic rings. The lowest BCUT2D eigenvalue weighted by atomic mass is 10.1. The first kappa shape index (κ1) is 13.7. The van der Waals surface area contributed by atoms with Gasteiger partial charge in [0.05, 0.1) is 0 Å². The standard InChI is InChI=1S/C15H23N3O2/c1-12(16)9-17-4-6-18(7-5-17)10-13-2-3-14-15(8-13)20-11-19-14/h2-3,8,12H,4-7,9-11,16H2,1H3/t12-/m1/s1. The van der Waals surface area contributed by atoms with Crippen LogP contribution in [0.2, 0.25) is 0 Å². The number of ether oxygens (including phenoxy) is 2. The molecule has 0 spiro atoms. The highest BCUT2D eigenvalue weighted by Gasteiger charge is 2.19. The van der Waals surface area contributed by atoms with Gasteiger partial charge in [0.15, 0.2) is 11.5 Å². The van der Waals surface area contributed by atoms with Gasteiger partial charge in [-0.3, -0.25) is 9.80 Å². The Morgan fingerprint density at radius 2 is 1.80 bits per heavy atom. The summed E-state index contributed by atoms with van der Waals surface area (Å²) in [5, 5.41) is 0. The van der Waals surface area contributed by atoms with Gasteiger partial charge in [-0.15, -0.1) is 0 Å². The molecule has 110 valence electrons. The van der Waals surface area contributed by atoms with Crippen molar-refractivity contribution in [2.45, 2.75) is 19.5 Å². The highest BCUT2D eigenvalue weighted by Crippen LogP contribution is 2.32. The van der Waals surface area contributed by atoms with Gasteiger partial charge in [0.2, 0.25) is 6.79 Å². The van der Waals surface area contributed by atoms with Crippen molar-refractivity contribution in [3.63, 3.8) is 0 Å². The van der Waals surface area contributed by atoms with Crippen molar-refractivity contribution < 1.29 is 9.47 Å². The smallest absolute Gasteiger partial charge is 0.231 e. The SMILES string of the molecule is C[C@@H](N)CN1CCN(Cc2ccc3c(c2)OCO3)CC1. The molecule has 0 unspecified atom stereocenters. The molecule has 2 aliphatic rings. The molecule has 3 rings (SSSR count). The van der Waals surface area contributed by atoms with Crippen LogP contribution in [0, 0.1) is 0 Å². The van der Waals surface area contributed by atoms with E-state index in [0.717, 1.165) is 50.8 Å². The maximum atomic E-state index is 5.85. The van der Waals surface area contributed by atoms with E-state index in [-0.39, 0.29) is 6.04 Å². The molecule has 0 saturated carbocycles. The van der Waals surface area contributed by atoms with Crippen molar-refractivity contribution in [1.82, 2.24) is 9.80 Å². The second kappa shape index (κ2) is 5.99. The zero-order valence-corrected chi connectivity index (χ0v) is 12.0. The zero-order chi connectivity index (χ0) is 13.9. The summed E-state index contributed by atoms with van der Waals surface area (Å²) in [5.41, 5.74) is 7.14. The van der Waals surface area contributed by atoms with E-state index in [0.29, 0.717) is 6.79 Å². The maximum Gasteiger partial charge on any atom is 0.231 e. The van der Waals surface area contributed by atoms with Crippen LogP contribution < -0.4 is 15.2 Å². The second-order valence-corrected chi connectivity index (χ2v) is 5.74. The predicted octanol–water partition coefficient (Wildman–Crippen LogP) is 0.880. The first-order valence-corrected chi connectivity index (χ1v) is 7.29. The van der Waals surface area contributed by atoms with E-state index in [9.17, 15) is 0 Å². The number of nitrogens with zero attached hydrogens (tertiary/aromatic N) is 2. The third kappa shape index (κ3) is 3.23. The molecule has 1 fully saturated rings. The van der Waals surface area contributed by atoms with E-state index in [1.807, 2.05) is 6.07 Å². The Bertz CT molecular complexity index is 456. The van der Waals surface area contributed by atoms with Crippen LogP contribution in [-0.2, 0) is 6.54 Å². The van der Waals surface area contributed by atoms with Gasteiger partial charge < -0.3 is 15.2 Å². The lowest BCUT2D eigenvalue weighted by molar-refractivity contribution is 0.123. The fraction of sp³-hybridized carbons (Fsp3) is 0.600. The topological polar surface area (TPSA) is 51.0 Å².